The lowest BCUT2D eigenvalue weighted by Gasteiger charge is -2.12. The van der Waals surface area contributed by atoms with Crippen molar-refractivity contribution in [2.75, 3.05) is 100 Å². The van der Waals surface area contributed by atoms with Crippen molar-refractivity contribution in [3.05, 3.63) is 238 Å². The molecule has 0 unspecified atom stereocenters. The molecule has 0 saturated heterocycles. The van der Waals surface area contributed by atoms with Crippen LogP contribution in [0.3, 0.4) is 0 Å². The lowest BCUT2D eigenvalue weighted by Crippen LogP contribution is -2.18. The highest BCUT2D eigenvalue weighted by atomic mass is 79.9. The standard InChI is InChI=1S/C23H26Br2N2O7.C19H18Br2N2O5.2C14H11BrN2O.C13H9BrN2O.C12H6BrClN2O/c1-15-3-4-18-19(13-15)27-20-16(24)14-17(25)22(21(20)26-18)34-23(28)33-12-11-32-10-9-31-8-7-30-6-5-29-2;1-25-6-7-26-8-9-27-11-16(24)28-19-13(21)10-12(20)17-18(19)23-15-5-3-2-4-14(15)22-17;1-7-5-8(2)12-10(6-7)16-14-11(18)4-3-9(15)13(14)17-12;1-2-8-3-5-10-11(7-8)17-13-9(15)4-6-12(18)14(13)16-10;1-7-2-4-9-10(6-7)16-12-8(14)3-5-11(17)13(12)15-9;13-7-2-4-10(17)12-11(7)16-9-5-6(14)1-3-8(9)15-12/h3-4,13-14H,5-12H2,1-2H3;2-5,10H,6-9,11H2,1H3;3-6,18H,1-2H3;3-7,18H,2H2,1H3;2-6,17H,1H3;1-5,17H. The number of aromatic hydroxyl groups is 4. The van der Waals surface area contributed by atoms with Crippen LogP contribution in [0.5, 0.6) is 34.5 Å². The van der Waals surface area contributed by atoms with Crippen LogP contribution >= 0.6 is 139 Å². The molecule has 6 heterocycles. The molecule has 0 aliphatic rings. The van der Waals surface area contributed by atoms with Crippen molar-refractivity contribution < 1.29 is 77.4 Å². The van der Waals surface area contributed by atoms with Gasteiger partial charge in [0, 0.05) is 46.1 Å². The first-order valence-electron chi connectivity index (χ1n) is 40.6. The number of hydrogen-bond acceptors (Lipinski definition) is 28. The number of ether oxygens (including phenoxy) is 10. The van der Waals surface area contributed by atoms with Crippen LogP contribution in [-0.2, 0) is 49.1 Å². The Kier molecular flexibility index (Phi) is 35.6. The lowest BCUT2D eigenvalue weighted by atomic mass is 10.1. The number of fused-ring (bicyclic) bond motifs is 12. The Labute approximate surface area is 827 Å². The molecule has 6 aromatic heterocycles. The number of aromatic nitrogens is 12. The van der Waals surface area contributed by atoms with Crippen LogP contribution in [0, 0.1) is 27.7 Å². The summed E-state index contributed by atoms with van der Waals surface area (Å²) in [6.07, 6.45) is 0.111. The molecule has 0 spiro atoms. The zero-order valence-electron chi connectivity index (χ0n) is 71.5. The quantitative estimate of drug-likeness (QED) is 0.0152. The summed E-state index contributed by atoms with van der Waals surface area (Å²) < 4.78 is 58.4. The molecule has 0 amide bonds. The van der Waals surface area contributed by atoms with Crippen molar-refractivity contribution >= 4 is 284 Å². The maximum Gasteiger partial charge on any atom is 0.514 e. The third kappa shape index (κ3) is 25.5. The summed E-state index contributed by atoms with van der Waals surface area (Å²) in [5.41, 5.74) is 21.8. The van der Waals surface area contributed by atoms with E-state index >= 15 is 0 Å². The number of aryl methyl sites for hydroxylation is 5. The number of carbonyl (C=O) groups is 2. The Morgan fingerprint density at radius 2 is 0.644 bits per heavy atom. The molecule has 12 aromatic carbocycles. The maximum atomic E-state index is 12.3. The number of phenolic OH excluding ortho intramolecular Hbond substituents is 4. The normalized spacial score (nSPS) is 11.2. The van der Waals surface area contributed by atoms with Gasteiger partial charge in [0.25, 0.3) is 0 Å². The molecule has 0 atom stereocenters. The van der Waals surface area contributed by atoms with Crippen molar-refractivity contribution in [2.24, 2.45) is 0 Å². The van der Waals surface area contributed by atoms with Gasteiger partial charge in [-0.15, -0.1) is 0 Å². The summed E-state index contributed by atoms with van der Waals surface area (Å²) in [5.74, 6) is 0.590. The Balaban J connectivity index is 0.000000138. The van der Waals surface area contributed by atoms with Crippen LogP contribution in [-0.4, -0.2) is 192 Å². The summed E-state index contributed by atoms with van der Waals surface area (Å²) in [7, 11) is 3.23. The van der Waals surface area contributed by atoms with Crippen molar-refractivity contribution in [2.45, 2.75) is 41.0 Å². The van der Waals surface area contributed by atoms with E-state index in [0.29, 0.717) is 167 Å². The summed E-state index contributed by atoms with van der Waals surface area (Å²) in [6, 6.07) is 51.6. The van der Waals surface area contributed by atoms with E-state index in [4.69, 9.17) is 59.0 Å². The molecule has 132 heavy (non-hydrogen) atoms. The Morgan fingerprint density at radius 3 is 1.09 bits per heavy atom. The Hall–Kier alpha value is -9.97. The zero-order valence-corrected chi connectivity index (χ0v) is 85.0. The number of methoxy groups -OCH3 is 2. The van der Waals surface area contributed by atoms with E-state index in [0.717, 1.165) is 99.6 Å². The van der Waals surface area contributed by atoms with Crippen molar-refractivity contribution in [1.29, 1.82) is 0 Å². The second kappa shape index (κ2) is 47.3. The second-order valence-electron chi connectivity index (χ2n) is 29.0. The van der Waals surface area contributed by atoms with Gasteiger partial charge in [-0.3, -0.25) is 0 Å². The summed E-state index contributed by atoms with van der Waals surface area (Å²) >= 11 is 33.5. The third-order valence-corrected chi connectivity index (χ3v) is 24.6. The van der Waals surface area contributed by atoms with E-state index in [2.05, 4.69) is 200 Å². The van der Waals surface area contributed by atoms with Gasteiger partial charge in [0.1, 0.15) is 102 Å². The molecule has 28 nitrogen and oxygen atoms in total. The minimum Gasteiger partial charge on any atom is -0.506 e. The number of benzene rings is 12. The molecule has 18 rings (SSSR count). The van der Waals surface area contributed by atoms with Crippen molar-refractivity contribution in [3.63, 3.8) is 0 Å². The molecule has 0 aliphatic heterocycles. The summed E-state index contributed by atoms with van der Waals surface area (Å²) in [5, 5.41) is 39.9. The summed E-state index contributed by atoms with van der Waals surface area (Å²) in [6.45, 7) is 14.7. The predicted molar refractivity (Wildman–Crippen MR) is 539 cm³/mol. The maximum absolute atomic E-state index is 12.3. The van der Waals surface area contributed by atoms with Crippen LogP contribution in [0.25, 0.3) is 132 Å². The molecule has 0 bridgehead atoms. The molecule has 4 N–H and O–H groups in total. The molecule has 18 aromatic rings. The van der Waals surface area contributed by atoms with Crippen LogP contribution in [0.15, 0.2) is 206 Å². The number of esters is 1. The van der Waals surface area contributed by atoms with Gasteiger partial charge in [-0.25, -0.2) is 69.4 Å². The predicted octanol–water partition coefficient (Wildman–Crippen LogP) is 23.9. The monoisotopic (exact) mass is 2310 g/mol. The van der Waals surface area contributed by atoms with E-state index in [1.807, 2.05) is 113 Å². The first-order chi connectivity index (χ1) is 63.6. The minimum absolute atomic E-state index is 0.0406. The molecule has 0 saturated carbocycles. The van der Waals surface area contributed by atoms with Gasteiger partial charge in [0.15, 0.2) is 11.5 Å². The number of nitrogens with zero attached hydrogens (tertiary/aromatic N) is 12. The highest BCUT2D eigenvalue weighted by Crippen LogP contribution is 2.42. The van der Waals surface area contributed by atoms with Gasteiger partial charge >= 0.3 is 12.1 Å². The molecule has 0 aliphatic carbocycles. The number of carbonyl (C=O) groups excluding carboxylic acids is 2. The van der Waals surface area contributed by atoms with Gasteiger partial charge in [-0.05, 0) is 323 Å². The number of halogens is 9. The van der Waals surface area contributed by atoms with Crippen molar-refractivity contribution in [3.8, 4) is 34.5 Å². The molecule has 0 fully saturated rings. The third-order valence-electron chi connectivity index (χ3n) is 19.4. The van der Waals surface area contributed by atoms with Crippen LogP contribution < -0.4 is 9.47 Å². The Bertz CT molecular complexity index is 7210. The van der Waals surface area contributed by atoms with E-state index in [1.54, 1.807) is 93.1 Å². The highest BCUT2D eigenvalue weighted by molar-refractivity contribution is 9.12. The molecule has 680 valence electrons. The van der Waals surface area contributed by atoms with Gasteiger partial charge in [-0.1, -0.05) is 54.9 Å². The zero-order chi connectivity index (χ0) is 93.8. The molecule has 0 radical (unpaired) electrons. The van der Waals surface area contributed by atoms with Gasteiger partial charge in [0.2, 0.25) is 0 Å². The first-order valence-corrected chi connectivity index (χ1v) is 47.3. The molecular formula is C95H81Br8ClN12O16. The smallest absolute Gasteiger partial charge is 0.506 e. The van der Waals surface area contributed by atoms with Crippen LogP contribution in [0.1, 0.15) is 34.7 Å². The second-order valence-corrected chi connectivity index (χ2v) is 36.3. The van der Waals surface area contributed by atoms with Crippen molar-refractivity contribution in [1.82, 2.24) is 59.8 Å². The fourth-order valence-electron chi connectivity index (χ4n) is 13.0. The Morgan fingerprint density at radius 1 is 0.303 bits per heavy atom. The number of para-hydroxylation sites is 2. The minimum atomic E-state index is -0.858. The number of rotatable bonds is 23. The molecular weight excluding hydrogens is 2240 g/mol. The fourth-order valence-corrected chi connectivity index (χ4v) is 17.4. The average molecular weight is 2320 g/mol. The van der Waals surface area contributed by atoms with Crippen LogP contribution in [0.4, 0.5) is 4.79 Å². The highest BCUT2D eigenvalue weighted by Gasteiger charge is 2.23. The number of phenols is 4. The lowest BCUT2D eigenvalue weighted by molar-refractivity contribution is -0.140. The first kappa shape index (κ1) is 99.5. The largest absolute Gasteiger partial charge is 0.514 e. The average Bonchev–Trinajstić information content (AvgIpc) is 0.782. The van der Waals surface area contributed by atoms with E-state index in [1.165, 1.54) is 5.56 Å². The van der Waals surface area contributed by atoms with Gasteiger partial charge in [0.05, 0.1) is 148 Å². The molecule has 37 heteroatoms. The van der Waals surface area contributed by atoms with Gasteiger partial charge < -0.3 is 67.8 Å². The van der Waals surface area contributed by atoms with Crippen LogP contribution in [0.2, 0.25) is 5.02 Å². The van der Waals surface area contributed by atoms with E-state index < -0.39 is 12.1 Å². The SMILES string of the molecule is CCc1ccc2nc3c(O)ccc(Br)c3nc2c1.COCCOCCOCC(=O)Oc1c(Br)cc(Br)c2nc3ccccc3nc12.COCCOCCOCCOCCOC(=O)Oc1c(Br)cc(Br)c2nc3cc(C)ccc3nc12.Cc1cc(C)c2nc3c(Br)ccc(O)c3nc2c1.Cc1ccc2nc3c(O)ccc(Br)c3nc2c1.Oc1ccc(Br)c2nc3cc(Cl)ccc3nc12. The number of hydrogen-bond donors (Lipinski definition) is 4. The fraction of sp³-hybridized carbons (Fsp3) is 0.221. The van der Waals surface area contributed by atoms with Gasteiger partial charge in [-0.2, -0.15) is 0 Å². The van der Waals surface area contributed by atoms with E-state index in [9.17, 15) is 30.0 Å². The summed E-state index contributed by atoms with van der Waals surface area (Å²) in [4.78, 5) is 79.0. The topological polar surface area (TPSA) is 362 Å². The van der Waals surface area contributed by atoms with E-state index in [-0.39, 0.29) is 55.2 Å².